The molecule has 0 saturated carbocycles. The molecule has 0 aliphatic rings. The van der Waals surface area contributed by atoms with E-state index in [-0.39, 0.29) is 5.41 Å². The first-order chi connectivity index (χ1) is 7.45. The molecule has 2 heteroatoms. The van der Waals surface area contributed by atoms with Gasteiger partial charge < -0.3 is 5.73 Å². The maximum Gasteiger partial charge on any atom is 0.0995 e. The number of hydrogen-bond acceptors (Lipinski definition) is 1. The zero-order chi connectivity index (χ0) is 12.2. The van der Waals surface area contributed by atoms with Crippen LogP contribution in [0.15, 0.2) is 29.3 Å². The van der Waals surface area contributed by atoms with Crippen LogP contribution in [0.4, 0.5) is 0 Å². The smallest absolute Gasteiger partial charge is 0.0995 e. The molecule has 0 aliphatic heterocycles. The van der Waals surface area contributed by atoms with Gasteiger partial charge in [0, 0.05) is 5.41 Å². The fourth-order valence-electron chi connectivity index (χ4n) is 1.46. The normalized spacial score (nSPS) is 12.9. The van der Waals surface area contributed by atoms with E-state index in [9.17, 15) is 0 Å². The molecule has 16 heavy (non-hydrogen) atoms. The zero-order valence-electron chi connectivity index (χ0n) is 10.7. The maximum absolute atomic E-state index is 5.94. The van der Waals surface area contributed by atoms with Gasteiger partial charge in [-0.2, -0.15) is 0 Å². The highest BCUT2D eigenvalue weighted by molar-refractivity contribution is 5.85. The summed E-state index contributed by atoms with van der Waals surface area (Å²) in [6, 6.07) is 8.40. The molecule has 0 aliphatic carbocycles. The van der Waals surface area contributed by atoms with Crippen molar-refractivity contribution in [2.45, 2.75) is 40.7 Å². The van der Waals surface area contributed by atoms with E-state index in [0.717, 1.165) is 12.3 Å². The van der Waals surface area contributed by atoms with Crippen molar-refractivity contribution in [1.82, 2.24) is 0 Å². The fraction of sp³-hybridized carbons (Fsp3) is 0.500. The van der Waals surface area contributed by atoms with E-state index in [2.05, 4.69) is 57.0 Å². The lowest BCUT2D eigenvalue weighted by Gasteiger charge is -2.17. The molecule has 0 saturated heterocycles. The van der Waals surface area contributed by atoms with E-state index in [1.54, 1.807) is 0 Å². The predicted octanol–water partition coefficient (Wildman–Crippen LogP) is 3.15. The first-order valence-electron chi connectivity index (χ1n) is 5.82. The third-order valence-corrected chi connectivity index (χ3v) is 2.69. The monoisotopic (exact) mass is 218 g/mol. The van der Waals surface area contributed by atoms with Crippen molar-refractivity contribution in [3.05, 3.63) is 35.4 Å². The van der Waals surface area contributed by atoms with Crippen LogP contribution in [0.3, 0.4) is 0 Å². The van der Waals surface area contributed by atoms with Crippen molar-refractivity contribution in [2.24, 2.45) is 16.1 Å². The molecule has 1 aromatic carbocycles. The van der Waals surface area contributed by atoms with E-state index in [0.29, 0.717) is 6.54 Å². The lowest BCUT2D eigenvalue weighted by molar-refractivity contribution is 0.581. The summed E-state index contributed by atoms with van der Waals surface area (Å²) in [6.07, 6.45) is 1.04. The van der Waals surface area contributed by atoms with E-state index >= 15 is 0 Å². The molecule has 88 valence electrons. The van der Waals surface area contributed by atoms with Crippen LogP contribution in [-0.2, 0) is 13.0 Å². The second-order valence-corrected chi connectivity index (χ2v) is 5.07. The van der Waals surface area contributed by atoms with Crippen LogP contribution < -0.4 is 5.73 Å². The van der Waals surface area contributed by atoms with Crippen molar-refractivity contribution >= 4 is 5.84 Å². The molecule has 0 amide bonds. The lowest BCUT2D eigenvalue weighted by Crippen LogP contribution is -2.29. The molecule has 1 rings (SSSR count). The Labute approximate surface area is 98.6 Å². The van der Waals surface area contributed by atoms with Crippen LogP contribution in [0.25, 0.3) is 0 Å². The minimum absolute atomic E-state index is 0.0405. The van der Waals surface area contributed by atoms with Gasteiger partial charge in [-0.25, -0.2) is 0 Å². The Hall–Kier alpha value is -1.31. The number of aryl methyl sites for hydroxylation is 1. The van der Waals surface area contributed by atoms with Crippen molar-refractivity contribution in [2.75, 3.05) is 0 Å². The molecular weight excluding hydrogens is 196 g/mol. The predicted molar refractivity (Wildman–Crippen MR) is 70.6 cm³/mol. The standard InChI is InChI=1S/C14H22N2/c1-5-11-8-6-7-9-12(11)10-16-13(15)14(2,3)4/h6-9H,5,10H2,1-4H3,(H2,15,16). The van der Waals surface area contributed by atoms with Gasteiger partial charge >= 0.3 is 0 Å². The molecule has 0 bridgehead atoms. The van der Waals surface area contributed by atoms with E-state index < -0.39 is 0 Å². The van der Waals surface area contributed by atoms with E-state index in [4.69, 9.17) is 5.73 Å². The third kappa shape index (κ3) is 3.37. The first-order valence-corrected chi connectivity index (χ1v) is 5.82. The Morgan fingerprint density at radius 3 is 2.25 bits per heavy atom. The Kier molecular flexibility index (Phi) is 4.11. The van der Waals surface area contributed by atoms with Gasteiger partial charge in [0.1, 0.15) is 0 Å². The summed E-state index contributed by atoms with van der Waals surface area (Å²) in [5.41, 5.74) is 8.53. The highest BCUT2D eigenvalue weighted by Crippen LogP contribution is 2.15. The number of hydrogen-bond donors (Lipinski definition) is 1. The summed E-state index contributed by atoms with van der Waals surface area (Å²) in [4.78, 5) is 4.47. The highest BCUT2D eigenvalue weighted by atomic mass is 14.9. The molecule has 0 unspecified atom stereocenters. The van der Waals surface area contributed by atoms with Gasteiger partial charge in [-0.1, -0.05) is 52.0 Å². The fourth-order valence-corrected chi connectivity index (χ4v) is 1.46. The van der Waals surface area contributed by atoms with Crippen LogP contribution in [0.5, 0.6) is 0 Å². The van der Waals surface area contributed by atoms with Gasteiger partial charge in [-0.15, -0.1) is 0 Å². The topological polar surface area (TPSA) is 38.4 Å². The largest absolute Gasteiger partial charge is 0.387 e. The van der Waals surface area contributed by atoms with Gasteiger partial charge in [-0.3, -0.25) is 4.99 Å². The summed E-state index contributed by atoms with van der Waals surface area (Å²) in [5.74, 6) is 0.721. The summed E-state index contributed by atoms with van der Waals surface area (Å²) in [7, 11) is 0. The molecule has 0 heterocycles. The molecular formula is C14H22N2. The molecule has 0 spiro atoms. The van der Waals surface area contributed by atoms with Gasteiger partial charge in [0.15, 0.2) is 0 Å². The second-order valence-electron chi connectivity index (χ2n) is 5.07. The van der Waals surface area contributed by atoms with Gasteiger partial charge in [0.2, 0.25) is 0 Å². The number of rotatable bonds is 3. The second kappa shape index (κ2) is 5.15. The average Bonchev–Trinajstić information content (AvgIpc) is 2.24. The Balaban J connectivity index is 2.82. The SMILES string of the molecule is CCc1ccccc1CN=C(N)C(C)(C)C. The average molecular weight is 218 g/mol. The van der Waals surface area contributed by atoms with Gasteiger partial charge in [-0.05, 0) is 17.5 Å². The molecule has 0 atom stereocenters. The molecule has 0 radical (unpaired) electrons. The number of nitrogens with zero attached hydrogens (tertiary/aromatic N) is 1. The first kappa shape index (κ1) is 12.8. The van der Waals surface area contributed by atoms with Crippen LogP contribution in [0, 0.1) is 5.41 Å². The number of amidine groups is 1. The number of benzene rings is 1. The Bertz CT molecular complexity index is 373. The molecule has 2 N–H and O–H groups in total. The minimum atomic E-state index is -0.0405. The lowest BCUT2D eigenvalue weighted by atomic mass is 9.95. The summed E-state index contributed by atoms with van der Waals surface area (Å²) in [5, 5.41) is 0. The Morgan fingerprint density at radius 2 is 1.75 bits per heavy atom. The van der Waals surface area contributed by atoms with E-state index in [1.165, 1.54) is 11.1 Å². The van der Waals surface area contributed by atoms with Crippen LogP contribution >= 0.6 is 0 Å². The summed E-state index contributed by atoms with van der Waals surface area (Å²) < 4.78 is 0. The number of aliphatic imine (C=N–C) groups is 1. The molecule has 0 fully saturated rings. The van der Waals surface area contributed by atoms with Crippen LogP contribution in [0.2, 0.25) is 0 Å². The summed E-state index contributed by atoms with van der Waals surface area (Å²) >= 11 is 0. The molecule has 1 aromatic rings. The van der Waals surface area contributed by atoms with Crippen molar-refractivity contribution in [3.8, 4) is 0 Å². The van der Waals surface area contributed by atoms with Crippen LogP contribution in [-0.4, -0.2) is 5.84 Å². The van der Waals surface area contributed by atoms with Crippen molar-refractivity contribution in [3.63, 3.8) is 0 Å². The van der Waals surface area contributed by atoms with Gasteiger partial charge in [0.05, 0.1) is 12.4 Å². The quantitative estimate of drug-likeness (QED) is 0.614. The minimum Gasteiger partial charge on any atom is -0.387 e. The van der Waals surface area contributed by atoms with E-state index in [1.807, 2.05) is 0 Å². The zero-order valence-corrected chi connectivity index (χ0v) is 10.7. The van der Waals surface area contributed by atoms with Crippen LogP contribution in [0.1, 0.15) is 38.8 Å². The number of nitrogens with two attached hydrogens (primary N) is 1. The molecule has 2 nitrogen and oxygen atoms in total. The molecule has 0 aromatic heterocycles. The Morgan fingerprint density at radius 1 is 1.19 bits per heavy atom. The van der Waals surface area contributed by atoms with Crippen molar-refractivity contribution < 1.29 is 0 Å². The van der Waals surface area contributed by atoms with Gasteiger partial charge in [0.25, 0.3) is 0 Å². The highest BCUT2D eigenvalue weighted by Gasteiger charge is 2.14. The third-order valence-electron chi connectivity index (χ3n) is 2.69. The summed E-state index contributed by atoms with van der Waals surface area (Å²) in [6.45, 7) is 9.09. The maximum atomic E-state index is 5.94. The van der Waals surface area contributed by atoms with Crippen molar-refractivity contribution in [1.29, 1.82) is 0 Å².